The Labute approximate surface area is 159 Å². The third-order valence-electron chi connectivity index (χ3n) is 3.65. The van der Waals surface area contributed by atoms with Gasteiger partial charge in [-0.15, -0.1) is 0 Å². The molecular formula is C19H17FN2O6. The molecule has 146 valence electrons. The minimum atomic E-state index is -0.767. The first kappa shape index (κ1) is 19.2. The van der Waals surface area contributed by atoms with Gasteiger partial charge in [0.15, 0.2) is 18.1 Å². The summed E-state index contributed by atoms with van der Waals surface area (Å²) in [5, 5.41) is 6.25. The minimum Gasteiger partial charge on any atom is -0.454 e. The molecule has 0 unspecified atom stereocenters. The lowest BCUT2D eigenvalue weighted by molar-refractivity contribution is -0.151. The van der Waals surface area contributed by atoms with Gasteiger partial charge < -0.3 is 24.4 Å². The second kappa shape index (κ2) is 8.85. The van der Waals surface area contributed by atoms with Crippen molar-refractivity contribution in [1.29, 1.82) is 0 Å². The maximum absolute atomic E-state index is 13.0. The Hall–Kier alpha value is -3.62. The molecule has 0 aromatic heterocycles. The summed E-state index contributed by atoms with van der Waals surface area (Å²) < 4.78 is 28.3. The second-order valence-corrected chi connectivity index (χ2v) is 5.74. The third-order valence-corrected chi connectivity index (χ3v) is 3.65. The number of anilines is 1. The van der Waals surface area contributed by atoms with Crippen LogP contribution in [0.2, 0.25) is 0 Å². The van der Waals surface area contributed by atoms with Crippen molar-refractivity contribution in [2.45, 2.75) is 6.92 Å². The van der Waals surface area contributed by atoms with E-state index >= 15 is 0 Å². The number of carbonyl (C=O) groups excluding carboxylic acids is 2. The summed E-state index contributed by atoms with van der Waals surface area (Å²) in [6, 6.07) is 10.6. The van der Waals surface area contributed by atoms with Crippen molar-refractivity contribution in [1.82, 2.24) is 0 Å². The standard InChI is InChI=1S/C19H17FN2O6/c1-12(13-5-6-16-17(7-13)27-11-26-16)22-28-10-19(24)25-9-18(23)21-15-4-2-3-14(20)8-15/h2-8H,9-11H2,1H3,(H,21,23)/b22-12+. The average Bonchev–Trinajstić information content (AvgIpc) is 3.14. The normalized spacial score (nSPS) is 12.4. The van der Waals surface area contributed by atoms with Gasteiger partial charge in [0.05, 0.1) is 5.71 Å². The third kappa shape index (κ3) is 5.19. The van der Waals surface area contributed by atoms with Gasteiger partial charge in [0.2, 0.25) is 13.4 Å². The number of halogens is 1. The predicted octanol–water partition coefficient (Wildman–Crippen LogP) is 2.48. The number of benzene rings is 2. The van der Waals surface area contributed by atoms with E-state index in [-0.39, 0.29) is 12.5 Å². The summed E-state index contributed by atoms with van der Waals surface area (Å²) >= 11 is 0. The van der Waals surface area contributed by atoms with E-state index in [4.69, 9.17) is 19.0 Å². The lowest BCUT2D eigenvalue weighted by Crippen LogP contribution is -2.22. The number of ether oxygens (including phenoxy) is 3. The van der Waals surface area contributed by atoms with Crippen LogP contribution in [0.25, 0.3) is 0 Å². The first-order chi connectivity index (χ1) is 13.5. The Kier molecular flexibility index (Phi) is 6.05. The van der Waals surface area contributed by atoms with Crippen molar-refractivity contribution < 1.29 is 33.0 Å². The van der Waals surface area contributed by atoms with Gasteiger partial charge in [-0.05, 0) is 43.3 Å². The molecule has 9 heteroatoms. The van der Waals surface area contributed by atoms with Crippen molar-refractivity contribution in [2.75, 3.05) is 25.3 Å². The highest BCUT2D eigenvalue weighted by Crippen LogP contribution is 2.32. The number of fused-ring (bicyclic) bond motifs is 1. The number of hydrogen-bond donors (Lipinski definition) is 1. The lowest BCUT2D eigenvalue weighted by Gasteiger charge is -2.07. The zero-order valence-corrected chi connectivity index (χ0v) is 14.9. The van der Waals surface area contributed by atoms with E-state index in [0.717, 1.165) is 11.6 Å². The lowest BCUT2D eigenvalue weighted by atomic mass is 10.1. The van der Waals surface area contributed by atoms with Crippen LogP contribution in [0.1, 0.15) is 12.5 Å². The van der Waals surface area contributed by atoms with Gasteiger partial charge in [-0.25, -0.2) is 9.18 Å². The smallest absolute Gasteiger partial charge is 0.347 e. The first-order valence-electron chi connectivity index (χ1n) is 8.29. The number of nitrogens with zero attached hydrogens (tertiary/aromatic N) is 1. The van der Waals surface area contributed by atoms with Gasteiger partial charge in [0, 0.05) is 11.3 Å². The molecule has 1 amide bonds. The molecule has 3 rings (SSSR count). The molecule has 0 saturated heterocycles. The summed E-state index contributed by atoms with van der Waals surface area (Å²) in [5.74, 6) is -0.595. The molecular weight excluding hydrogens is 371 g/mol. The molecule has 2 aromatic rings. The molecule has 0 atom stereocenters. The second-order valence-electron chi connectivity index (χ2n) is 5.74. The van der Waals surface area contributed by atoms with Crippen LogP contribution in [0.3, 0.4) is 0 Å². The SMILES string of the molecule is C/C(=N\OCC(=O)OCC(=O)Nc1cccc(F)c1)c1ccc2c(c1)OCO2. The first-order valence-corrected chi connectivity index (χ1v) is 8.29. The zero-order chi connectivity index (χ0) is 19.9. The summed E-state index contributed by atoms with van der Waals surface area (Å²) in [4.78, 5) is 28.3. The van der Waals surface area contributed by atoms with Gasteiger partial charge in [0.1, 0.15) is 5.82 Å². The average molecular weight is 388 g/mol. The Morgan fingerprint density at radius 3 is 2.79 bits per heavy atom. The number of nitrogens with one attached hydrogen (secondary N) is 1. The summed E-state index contributed by atoms with van der Waals surface area (Å²) in [5.41, 5.74) is 1.53. The van der Waals surface area contributed by atoms with Crippen molar-refractivity contribution in [3.8, 4) is 11.5 Å². The maximum atomic E-state index is 13.0. The van der Waals surface area contributed by atoms with E-state index in [1.165, 1.54) is 18.2 Å². The maximum Gasteiger partial charge on any atom is 0.347 e. The quantitative estimate of drug-likeness (QED) is 0.445. The predicted molar refractivity (Wildman–Crippen MR) is 96.7 cm³/mol. The van der Waals surface area contributed by atoms with Gasteiger partial charge in [-0.1, -0.05) is 11.2 Å². The van der Waals surface area contributed by atoms with Crippen LogP contribution in [0.15, 0.2) is 47.6 Å². The summed E-state index contributed by atoms with van der Waals surface area (Å²) in [6.07, 6.45) is 0. The molecule has 0 radical (unpaired) electrons. The Morgan fingerprint density at radius 1 is 1.14 bits per heavy atom. The highest BCUT2D eigenvalue weighted by atomic mass is 19.1. The van der Waals surface area contributed by atoms with Crippen LogP contribution >= 0.6 is 0 Å². The van der Waals surface area contributed by atoms with Crippen LogP contribution in [-0.2, 0) is 19.2 Å². The molecule has 1 N–H and O–H groups in total. The highest BCUT2D eigenvalue weighted by Gasteiger charge is 2.14. The number of carbonyl (C=O) groups is 2. The number of oxime groups is 1. The fraction of sp³-hybridized carbons (Fsp3) is 0.211. The molecule has 0 bridgehead atoms. The fourth-order valence-corrected chi connectivity index (χ4v) is 2.31. The Bertz CT molecular complexity index is 915. The van der Waals surface area contributed by atoms with Crippen LogP contribution in [0.4, 0.5) is 10.1 Å². The van der Waals surface area contributed by atoms with E-state index < -0.39 is 30.9 Å². The van der Waals surface area contributed by atoms with E-state index in [2.05, 4.69) is 10.5 Å². The molecule has 1 aliphatic rings. The van der Waals surface area contributed by atoms with Crippen molar-refractivity contribution in [3.05, 3.63) is 53.8 Å². The van der Waals surface area contributed by atoms with Gasteiger partial charge >= 0.3 is 5.97 Å². The van der Waals surface area contributed by atoms with Crippen LogP contribution in [0, 0.1) is 5.82 Å². The van der Waals surface area contributed by atoms with Crippen molar-refractivity contribution >= 4 is 23.3 Å². The molecule has 8 nitrogen and oxygen atoms in total. The molecule has 28 heavy (non-hydrogen) atoms. The number of hydrogen-bond acceptors (Lipinski definition) is 7. The van der Waals surface area contributed by atoms with E-state index in [0.29, 0.717) is 17.2 Å². The number of amides is 1. The van der Waals surface area contributed by atoms with Crippen LogP contribution in [0.5, 0.6) is 11.5 Å². The number of esters is 1. The highest BCUT2D eigenvalue weighted by molar-refractivity contribution is 5.99. The van der Waals surface area contributed by atoms with Gasteiger partial charge in [-0.3, -0.25) is 4.79 Å². The van der Waals surface area contributed by atoms with Gasteiger partial charge in [-0.2, -0.15) is 0 Å². The summed E-state index contributed by atoms with van der Waals surface area (Å²) in [6.45, 7) is 0.887. The molecule has 1 aliphatic heterocycles. The number of rotatable bonds is 7. The molecule has 1 heterocycles. The fourth-order valence-electron chi connectivity index (χ4n) is 2.31. The van der Waals surface area contributed by atoms with E-state index in [9.17, 15) is 14.0 Å². The topological polar surface area (TPSA) is 95.5 Å². The molecule has 0 aliphatic carbocycles. The van der Waals surface area contributed by atoms with E-state index in [1.807, 2.05) is 0 Å². The Morgan fingerprint density at radius 2 is 1.96 bits per heavy atom. The monoisotopic (exact) mass is 388 g/mol. The largest absolute Gasteiger partial charge is 0.454 e. The van der Waals surface area contributed by atoms with Crippen LogP contribution < -0.4 is 14.8 Å². The summed E-state index contributed by atoms with van der Waals surface area (Å²) in [7, 11) is 0. The Balaban J connectivity index is 1.41. The van der Waals surface area contributed by atoms with Crippen LogP contribution in [-0.4, -0.2) is 37.6 Å². The molecule has 2 aromatic carbocycles. The molecule has 0 fully saturated rings. The van der Waals surface area contributed by atoms with Gasteiger partial charge in [0.25, 0.3) is 5.91 Å². The van der Waals surface area contributed by atoms with E-state index in [1.54, 1.807) is 25.1 Å². The zero-order valence-electron chi connectivity index (χ0n) is 14.9. The minimum absolute atomic E-state index is 0.171. The van der Waals surface area contributed by atoms with Crippen molar-refractivity contribution in [2.24, 2.45) is 5.16 Å². The molecule has 0 saturated carbocycles. The van der Waals surface area contributed by atoms with Crippen molar-refractivity contribution in [3.63, 3.8) is 0 Å². The molecule has 0 spiro atoms.